The van der Waals surface area contributed by atoms with Crippen molar-refractivity contribution in [3.05, 3.63) is 40.6 Å². The second-order valence-electron chi connectivity index (χ2n) is 6.23. The van der Waals surface area contributed by atoms with E-state index in [1.165, 1.54) is 0 Å². The van der Waals surface area contributed by atoms with Gasteiger partial charge in [0.1, 0.15) is 5.39 Å². The Morgan fingerprint density at radius 2 is 1.30 bits per heavy atom. The minimum absolute atomic E-state index is 0.0144. The molecule has 0 aliphatic heterocycles. The number of phenolic OH excluding ortho intramolecular Hbond substituents is 1. The normalized spacial score (nSPS) is 10.8. The first kappa shape index (κ1) is 21.4. The molecule has 1 N–H and O–H groups in total. The lowest BCUT2D eigenvalue weighted by Crippen LogP contribution is -2.12. The minimum Gasteiger partial charge on any atom is -0.504 e. The Balaban J connectivity index is 2.50. The number of hydrogen-bond acceptors (Lipinski definition) is 7. The molecule has 2 aromatic carbocycles. The maximum Gasteiger partial charge on any atom is 0.239 e. The average molecular weight is 414 g/mol. The zero-order valence-corrected chi connectivity index (χ0v) is 17.6. The molecule has 7 nitrogen and oxygen atoms in total. The van der Waals surface area contributed by atoms with E-state index >= 15 is 0 Å². The van der Waals surface area contributed by atoms with Crippen LogP contribution in [0, 0.1) is 0 Å². The minimum atomic E-state index is -0.514. The van der Waals surface area contributed by atoms with Gasteiger partial charge in [-0.1, -0.05) is 30.3 Å². The molecule has 1 heterocycles. The standard InChI is InChI=1S/C23H26O7/c1-5-26-20-16(24)15-17(25)21(27-6-2)23(29-8-4)22(28-7-3)19(15)30-18(20)14-12-10-9-11-13-14/h9-13,25H,5-8H2,1-4H3. The smallest absolute Gasteiger partial charge is 0.239 e. The Kier molecular flexibility index (Phi) is 6.72. The second-order valence-corrected chi connectivity index (χ2v) is 6.23. The maximum atomic E-state index is 13.4. The van der Waals surface area contributed by atoms with Crippen molar-refractivity contribution in [1.82, 2.24) is 0 Å². The molecule has 3 aromatic rings. The molecular weight excluding hydrogens is 388 g/mol. The third-order valence-corrected chi connectivity index (χ3v) is 4.33. The highest BCUT2D eigenvalue weighted by Crippen LogP contribution is 2.51. The first-order chi connectivity index (χ1) is 14.6. The summed E-state index contributed by atoms with van der Waals surface area (Å²) in [7, 11) is 0. The number of ether oxygens (including phenoxy) is 4. The summed E-state index contributed by atoms with van der Waals surface area (Å²) in [5.74, 6) is 0.332. The first-order valence-electron chi connectivity index (χ1n) is 10.0. The van der Waals surface area contributed by atoms with Crippen LogP contribution >= 0.6 is 0 Å². The monoisotopic (exact) mass is 414 g/mol. The fourth-order valence-electron chi connectivity index (χ4n) is 3.21. The lowest BCUT2D eigenvalue weighted by atomic mass is 10.1. The summed E-state index contributed by atoms with van der Waals surface area (Å²) in [4.78, 5) is 13.4. The molecule has 160 valence electrons. The van der Waals surface area contributed by atoms with E-state index in [-0.39, 0.29) is 58.7 Å². The molecule has 0 fully saturated rings. The lowest BCUT2D eigenvalue weighted by molar-refractivity contribution is 0.253. The summed E-state index contributed by atoms with van der Waals surface area (Å²) in [5.41, 5.74) is 0.224. The van der Waals surface area contributed by atoms with Crippen LogP contribution in [0.1, 0.15) is 27.7 Å². The van der Waals surface area contributed by atoms with Crippen molar-refractivity contribution in [2.24, 2.45) is 0 Å². The van der Waals surface area contributed by atoms with Gasteiger partial charge >= 0.3 is 0 Å². The van der Waals surface area contributed by atoms with Gasteiger partial charge in [0, 0.05) is 5.56 Å². The van der Waals surface area contributed by atoms with Crippen molar-refractivity contribution < 1.29 is 28.5 Å². The van der Waals surface area contributed by atoms with Crippen LogP contribution < -0.4 is 24.4 Å². The molecule has 7 heteroatoms. The molecule has 0 saturated heterocycles. The highest BCUT2D eigenvalue weighted by molar-refractivity contribution is 5.96. The number of rotatable bonds is 9. The van der Waals surface area contributed by atoms with E-state index < -0.39 is 5.43 Å². The third kappa shape index (κ3) is 3.75. The highest BCUT2D eigenvalue weighted by atomic mass is 16.5. The molecule has 0 aliphatic carbocycles. The fraction of sp³-hybridized carbons (Fsp3) is 0.348. The van der Waals surface area contributed by atoms with E-state index in [1.807, 2.05) is 30.3 Å². The van der Waals surface area contributed by atoms with Crippen molar-refractivity contribution in [2.75, 3.05) is 26.4 Å². The average Bonchev–Trinajstić information content (AvgIpc) is 2.75. The van der Waals surface area contributed by atoms with Crippen LogP contribution in [0.25, 0.3) is 22.3 Å². The fourth-order valence-corrected chi connectivity index (χ4v) is 3.21. The van der Waals surface area contributed by atoms with Gasteiger partial charge in [0.2, 0.25) is 28.4 Å². The quantitative estimate of drug-likeness (QED) is 0.540. The number of aromatic hydroxyl groups is 1. The number of fused-ring (bicyclic) bond motifs is 1. The Bertz CT molecular complexity index is 1070. The number of hydrogen-bond donors (Lipinski definition) is 1. The van der Waals surface area contributed by atoms with Crippen molar-refractivity contribution in [2.45, 2.75) is 27.7 Å². The van der Waals surface area contributed by atoms with Crippen molar-refractivity contribution in [3.8, 4) is 40.1 Å². The Labute approximate surface area is 174 Å². The van der Waals surface area contributed by atoms with Gasteiger partial charge in [-0.2, -0.15) is 0 Å². The molecule has 0 radical (unpaired) electrons. The van der Waals surface area contributed by atoms with Crippen molar-refractivity contribution in [3.63, 3.8) is 0 Å². The summed E-state index contributed by atoms with van der Waals surface area (Å²) >= 11 is 0. The zero-order chi connectivity index (χ0) is 21.7. The summed E-state index contributed by atoms with van der Waals surface area (Å²) in [5, 5.41) is 10.9. The number of phenols is 1. The van der Waals surface area contributed by atoms with E-state index in [9.17, 15) is 9.90 Å². The van der Waals surface area contributed by atoms with E-state index in [1.54, 1.807) is 27.7 Å². The van der Waals surface area contributed by atoms with Gasteiger partial charge in [-0.3, -0.25) is 4.79 Å². The Morgan fingerprint density at radius 3 is 1.90 bits per heavy atom. The molecule has 1 aromatic heterocycles. The largest absolute Gasteiger partial charge is 0.504 e. The van der Waals surface area contributed by atoms with E-state index in [2.05, 4.69) is 0 Å². The highest BCUT2D eigenvalue weighted by Gasteiger charge is 2.30. The lowest BCUT2D eigenvalue weighted by Gasteiger charge is -2.19. The molecule has 0 atom stereocenters. The topological polar surface area (TPSA) is 87.4 Å². The van der Waals surface area contributed by atoms with Gasteiger partial charge in [0.25, 0.3) is 0 Å². The molecule has 3 rings (SSSR count). The van der Waals surface area contributed by atoms with Crippen LogP contribution in [0.5, 0.6) is 28.7 Å². The van der Waals surface area contributed by atoms with Gasteiger partial charge in [-0.15, -0.1) is 0 Å². The zero-order valence-electron chi connectivity index (χ0n) is 17.6. The molecule has 0 spiro atoms. The van der Waals surface area contributed by atoms with Crippen molar-refractivity contribution in [1.29, 1.82) is 0 Å². The van der Waals surface area contributed by atoms with Crippen LogP contribution in [-0.2, 0) is 0 Å². The number of benzene rings is 2. The summed E-state index contributed by atoms with van der Waals surface area (Å²) in [6.07, 6.45) is 0. The van der Waals surface area contributed by atoms with Crippen LogP contribution in [-0.4, -0.2) is 31.5 Å². The SMILES string of the molecule is CCOc1c(OCC)c(O)c2c(=O)c(OCC)c(-c3ccccc3)oc2c1OCC. The van der Waals surface area contributed by atoms with Gasteiger partial charge in [0.15, 0.2) is 17.1 Å². The van der Waals surface area contributed by atoms with Crippen molar-refractivity contribution >= 4 is 11.0 Å². The molecular formula is C23H26O7. The maximum absolute atomic E-state index is 13.4. The Morgan fingerprint density at radius 1 is 0.767 bits per heavy atom. The van der Waals surface area contributed by atoms with E-state index in [0.717, 1.165) is 0 Å². The molecule has 0 amide bonds. The summed E-state index contributed by atoms with van der Waals surface area (Å²) in [6.45, 7) is 8.26. The predicted molar refractivity (Wildman–Crippen MR) is 114 cm³/mol. The predicted octanol–water partition coefficient (Wildman–Crippen LogP) is 4.76. The first-order valence-corrected chi connectivity index (χ1v) is 10.0. The van der Waals surface area contributed by atoms with Gasteiger partial charge in [0.05, 0.1) is 26.4 Å². The molecule has 0 bridgehead atoms. The van der Waals surface area contributed by atoms with Crippen LogP contribution in [0.4, 0.5) is 0 Å². The van der Waals surface area contributed by atoms with E-state index in [0.29, 0.717) is 18.8 Å². The van der Waals surface area contributed by atoms with Gasteiger partial charge in [-0.05, 0) is 27.7 Å². The van der Waals surface area contributed by atoms with E-state index in [4.69, 9.17) is 23.4 Å². The second kappa shape index (κ2) is 9.43. The molecule has 30 heavy (non-hydrogen) atoms. The Hall–Kier alpha value is -3.35. The molecule has 0 saturated carbocycles. The molecule has 0 aliphatic rings. The van der Waals surface area contributed by atoms with Crippen LogP contribution in [0.2, 0.25) is 0 Å². The van der Waals surface area contributed by atoms with Crippen LogP contribution in [0.3, 0.4) is 0 Å². The molecule has 0 unspecified atom stereocenters. The van der Waals surface area contributed by atoms with Crippen LogP contribution in [0.15, 0.2) is 39.5 Å². The summed E-state index contributed by atoms with van der Waals surface area (Å²) < 4.78 is 28.9. The summed E-state index contributed by atoms with van der Waals surface area (Å²) in [6, 6.07) is 9.15. The third-order valence-electron chi connectivity index (χ3n) is 4.33. The van der Waals surface area contributed by atoms with Gasteiger partial charge < -0.3 is 28.5 Å². The van der Waals surface area contributed by atoms with Gasteiger partial charge in [-0.25, -0.2) is 0 Å².